The van der Waals surface area contributed by atoms with Gasteiger partial charge in [0.2, 0.25) is 5.91 Å². The molecule has 2 aliphatic rings. The van der Waals surface area contributed by atoms with Crippen LogP contribution in [0.1, 0.15) is 80.4 Å². The highest BCUT2D eigenvalue weighted by Gasteiger charge is 2.31. The van der Waals surface area contributed by atoms with Crippen molar-refractivity contribution in [2.75, 3.05) is 6.61 Å². The number of H-pyrrole nitrogens is 1. The van der Waals surface area contributed by atoms with Gasteiger partial charge in [0.1, 0.15) is 23.3 Å². The zero-order valence-corrected chi connectivity index (χ0v) is 22.5. The van der Waals surface area contributed by atoms with Crippen molar-refractivity contribution >= 4 is 22.8 Å². The van der Waals surface area contributed by atoms with E-state index in [9.17, 15) is 18.4 Å². The smallest absolute Gasteiger partial charge is 0.263 e. The molecule has 208 valence electrons. The third-order valence-corrected chi connectivity index (χ3v) is 7.85. The van der Waals surface area contributed by atoms with E-state index >= 15 is 0 Å². The molecule has 2 fully saturated rings. The van der Waals surface area contributed by atoms with Crippen molar-refractivity contribution < 1.29 is 23.1 Å². The summed E-state index contributed by atoms with van der Waals surface area (Å²) in [6, 6.07) is 4.42. The molecule has 0 spiro atoms. The van der Waals surface area contributed by atoms with Crippen LogP contribution in [-0.2, 0) is 4.79 Å². The van der Waals surface area contributed by atoms with E-state index < -0.39 is 6.43 Å². The largest absolute Gasteiger partial charge is 0.493 e. The Morgan fingerprint density at radius 2 is 1.95 bits per heavy atom. The molecule has 3 aromatic rings. The average Bonchev–Trinajstić information content (AvgIpc) is 3.68. The van der Waals surface area contributed by atoms with Gasteiger partial charge < -0.3 is 20.4 Å². The van der Waals surface area contributed by atoms with Gasteiger partial charge in [-0.25, -0.2) is 18.7 Å². The first-order chi connectivity index (χ1) is 18.7. The molecule has 0 aliphatic heterocycles. The summed E-state index contributed by atoms with van der Waals surface area (Å²) in [6.45, 7) is 6.24. The van der Waals surface area contributed by atoms with Crippen molar-refractivity contribution in [3.05, 3.63) is 41.3 Å². The number of nitrogens with zero attached hydrogens (tertiary/aromatic N) is 2. The van der Waals surface area contributed by atoms with Crippen molar-refractivity contribution in [2.24, 2.45) is 11.8 Å². The van der Waals surface area contributed by atoms with E-state index in [0.29, 0.717) is 58.2 Å². The molecule has 2 aromatic heterocycles. The predicted octanol–water partition coefficient (Wildman–Crippen LogP) is 5.47. The molecule has 2 amide bonds. The summed E-state index contributed by atoms with van der Waals surface area (Å²) < 4.78 is 33.2. The van der Waals surface area contributed by atoms with Gasteiger partial charge >= 0.3 is 0 Å². The lowest BCUT2D eigenvalue weighted by Gasteiger charge is -2.35. The van der Waals surface area contributed by atoms with Crippen LogP contribution < -0.4 is 15.4 Å². The average molecular weight is 540 g/mol. The third-order valence-electron chi connectivity index (χ3n) is 7.85. The Labute approximate surface area is 226 Å². The van der Waals surface area contributed by atoms with Crippen LogP contribution in [-0.4, -0.2) is 45.5 Å². The number of carbonyl (C=O) groups is 2. The van der Waals surface area contributed by atoms with Gasteiger partial charge in [0.05, 0.1) is 17.7 Å². The molecule has 10 heteroatoms. The molecular weight excluding hydrogens is 504 g/mol. The van der Waals surface area contributed by atoms with Gasteiger partial charge in [-0.1, -0.05) is 13.8 Å². The fourth-order valence-electron chi connectivity index (χ4n) is 5.40. The van der Waals surface area contributed by atoms with E-state index in [2.05, 4.69) is 32.5 Å². The quantitative estimate of drug-likeness (QED) is 0.334. The van der Waals surface area contributed by atoms with E-state index in [1.165, 1.54) is 18.5 Å². The molecule has 2 heterocycles. The summed E-state index contributed by atoms with van der Waals surface area (Å²) in [5, 5.41) is 6.23. The number of aromatic amines is 1. The van der Waals surface area contributed by atoms with Crippen molar-refractivity contribution in [1.29, 1.82) is 0 Å². The van der Waals surface area contributed by atoms with E-state index in [1.54, 1.807) is 13.0 Å². The maximum atomic E-state index is 13.6. The second-order valence-corrected chi connectivity index (χ2v) is 10.9. The lowest BCUT2D eigenvalue weighted by molar-refractivity contribution is -0.122. The molecule has 1 aromatic carbocycles. The zero-order valence-electron chi connectivity index (χ0n) is 22.5. The van der Waals surface area contributed by atoms with Crippen LogP contribution >= 0.6 is 0 Å². The highest BCUT2D eigenvalue weighted by Crippen LogP contribution is 2.38. The van der Waals surface area contributed by atoms with Crippen LogP contribution in [0.2, 0.25) is 0 Å². The summed E-state index contributed by atoms with van der Waals surface area (Å²) >= 11 is 0. The van der Waals surface area contributed by atoms with E-state index in [1.807, 2.05) is 6.92 Å². The van der Waals surface area contributed by atoms with Gasteiger partial charge in [0.15, 0.2) is 0 Å². The lowest BCUT2D eigenvalue weighted by Crippen LogP contribution is -2.48. The first-order valence-electron chi connectivity index (χ1n) is 13.7. The number of ether oxygens (including phenoxy) is 1. The fraction of sp³-hybridized carbons (Fsp3) is 0.517. The number of halogens is 2. The Hall–Kier alpha value is -3.56. The van der Waals surface area contributed by atoms with Crippen molar-refractivity contribution in [1.82, 2.24) is 25.6 Å². The number of aromatic nitrogens is 3. The van der Waals surface area contributed by atoms with Crippen LogP contribution in [0.4, 0.5) is 8.78 Å². The Morgan fingerprint density at radius 1 is 1.15 bits per heavy atom. The second kappa shape index (κ2) is 11.3. The number of fused-ring (bicyclic) bond motifs is 1. The van der Waals surface area contributed by atoms with Gasteiger partial charge in [0, 0.05) is 35.3 Å². The molecule has 0 bridgehead atoms. The van der Waals surface area contributed by atoms with Gasteiger partial charge in [0.25, 0.3) is 12.3 Å². The van der Waals surface area contributed by atoms with Crippen LogP contribution in [0.25, 0.3) is 22.3 Å². The molecule has 39 heavy (non-hydrogen) atoms. The first-order valence-corrected chi connectivity index (χ1v) is 13.7. The number of carbonyl (C=O) groups excluding carboxylic acids is 2. The number of amides is 2. The van der Waals surface area contributed by atoms with Crippen molar-refractivity contribution in [3.63, 3.8) is 0 Å². The highest BCUT2D eigenvalue weighted by atomic mass is 19.3. The first kappa shape index (κ1) is 27.0. The predicted molar refractivity (Wildman–Crippen MR) is 144 cm³/mol. The SMILES string of the molecule is CCC(=O)NC1CCC(NC(=O)c2c(C)[nH]c3c(-c4cc(C(F)F)ccc4OCC4CC4)ncnc23)CC1C. The molecule has 3 unspecified atom stereocenters. The van der Waals surface area contributed by atoms with Gasteiger partial charge in [-0.2, -0.15) is 0 Å². The Kier molecular flexibility index (Phi) is 7.81. The summed E-state index contributed by atoms with van der Waals surface area (Å²) in [5.41, 5.74) is 2.69. The van der Waals surface area contributed by atoms with Gasteiger partial charge in [-0.05, 0) is 69.1 Å². The van der Waals surface area contributed by atoms with Crippen LogP contribution in [0.15, 0.2) is 24.5 Å². The molecule has 0 radical (unpaired) electrons. The maximum Gasteiger partial charge on any atom is 0.263 e. The highest BCUT2D eigenvalue weighted by molar-refractivity contribution is 6.09. The fourth-order valence-corrected chi connectivity index (χ4v) is 5.40. The molecule has 8 nitrogen and oxygen atoms in total. The number of hydrogen-bond acceptors (Lipinski definition) is 5. The molecule has 0 saturated heterocycles. The number of aryl methyl sites for hydroxylation is 1. The summed E-state index contributed by atoms with van der Waals surface area (Å²) in [6.07, 6.45) is 3.67. The minimum absolute atomic E-state index is 0.0295. The topological polar surface area (TPSA) is 109 Å². The van der Waals surface area contributed by atoms with Crippen molar-refractivity contribution in [2.45, 2.75) is 77.8 Å². The summed E-state index contributed by atoms with van der Waals surface area (Å²) in [5.74, 6) is 0.989. The standard InChI is InChI=1S/C29H35F2N5O3/c1-4-23(37)36-21-9-8-19(11-15(21)2)35-29(38)24-16(3)34-27-25(32-14-33-26(24)27)20-12-18(28(30)31)7-10-22(20)39-13-17-5-6-17/h7,10,12,14-15,17,19,21,28,34H,4-6,8-9,11,13H2,1-3H3,(H,35,38)(H,36,37). The molecule has 2 aliphatic carbocycles. The molecule has 3 atom stereocenters. The molecular formula is C29H35F2N5O3. The van der Waals surface area contributed by atoms with Crippen LogP contribution in [0, 0.1) is 18.8 Å². The van der Waals surface area contributed by atoms with Crippen LogP contribution in [0.5, 0.6) is 5.75 Å². The number of hydrogen-bond donors (Lipinski definition) is 3. The second-order valence-electron chi connectivity index (χ2n) is 10.9. The minimum Gasteiger partial charge on any atom is -0.493 e. The number of rotatable bonds is 9. The summed E-state index contributed by atoms with van der Waals surface area (Å²) in [7, 11) is 0. The number of benzene rings is 1. The third kappa shape index (κ3) is 5.89. The lowest BCUT2D eigenvalue weighted by atomic mass is 9.82. The molecule has 3 N–H and O–H groups in total. The van der Waals surface area contributed by atoms with E-state index in [0.717, 1.165) is 32.1 Å². The van der Waals surface area contributed by atoms with Gasteiger partial charge in [-0.3, -0.25) is 9.59 Å². The normalized spacial score (nSPS) is 21.2. The number of alkyl halides is 2. The Balaban J connectivity index is 1.41. The zero-order chi connectivity index (χ0) is 27.7. The molecule has 2 saturated carbocycles. The Morgan fingerprint density at radius 3 is 2.64 bits per heavy atom. The maximum absolute atomic E-state index is 13.6. The number of nitrogens with one attached hydrogen (secondary N) is 3. The minimum atomic E-state index is -2.64. The van der Waals surface area contributed by atoms with E-state index in [-0.39, 0.29) is 35.4 Å². The Bertz CT molecular complexity index is 1370. The van der Waals surface area contributed by atoms with Crippen molar-refractivity contribution in [3.8, 4) is 17.0 Å². The van der Waals surface area contributed by atoms with E-state index in [4.69, 9.17) is 4.74 Å². The monoisotopic (exact) mass is 539 g/mol. The summed E-state index contributed by atoms with van der Waals surface area (Å²) in [4.78, 5) is 37.4. The van der Waals surface area contributed by atoms with Gasteiger partial charge in [-0.15, -0.1) is 0 Å². The molecule has 5 rings (SSSR count). The van der Waals surface area contributed by atoms with Crippen LogP contribution in [0.3, 0.4) is 0 Å².